The molecule has 0 fully saturated rings. The lowest BCUT2D eigenvalue weighted by molar-refractivity contribution is -0.123. The SMILES string of the molecule is Cc1ccc(C(Br)(Cc2c[nH]c3ccccc23)C(=O)C(Br)(Cc2c[nH]c3ccccc23)c2ccc(C)nc2)cn1. The number of halogens is 2. The van der Waals surface area contributed by atoms with Crippen molar-refractivity contribution in [3.05, 3.63) is 131 Å². The first-order chi connectivity index (χ1) is 19.3. The Morgan fingerprint density at radius 3 is 1.50 bits per heavy atom. The van der Waals surface area contributed by atoms with Gasteiger partial charge in [-0.1, -0.05) is 80.4 Å². The van der Waals surface area contributed by atoms with Gasteiger partial charge in [-0.3, -0.25) is 14.8 Å². The number of aromatic nitrogens is 4. The van der Waals surface area contributed by atoms with Crippen molar-refractivity contribution in [2.75, 3.05) is 0 Å². The van der Waals surface area contributed by atoms with Crippen LogP contribution in [0, 0.1) is 13.8 Å². The highest BCUT2D eigenvalue weighted by Gasteiger charge is 2.50. The van der Waals surface area contributed by atoms with Gasteiger partial charge in [0, 0.05) is 70.8 Å². The van der Waals surface area contributed by atoms with Crippen LogP contribution in [0.15, 0.2) is 97.6 Å². The molecule has 2 unspecified atom stereocenters. The van der Waals surface area contributed by atoms with Crippen LogP contribution in [0.4, 0.5) is 0 Å². The summed E-state index contributed by atoms with van der Waals surface area (Å²) in [6.07, 6.45) is 8.48. The second-order valence-corrected chi connectivity index (χ2v) is 13.1. The van der Waals surface area contributed by atoms with E-state index in [2.05, 4.69) is 63.9 Å². The smallest absolute Gasteiger partial charge is 0.175 e. The molecule has 4 aromatic heterocycles. The van der Waals surface area contributed by atoms with Gasteiger partial charge < -0.3 is 9.97 Å². The van der Waals surface area contributed by atoms with Crippen LogP contribution in [-0.2, 0) is 26.3 Å². The van der Waals surface area contributed by atoms with Crippen LogP contribution in [0.2, 0.25) is 0 Å². The second-order valence-electron chi connectivity index (χ2n) is 10.4. The number of fused-ring (bicyclic) bond motifs is 2. The fraction of sp³-hybridized carbons (Fsp3) is 0.182. The van der Waals surface area contributed by atoms with Crippen molar-refractivity contribution < 1.29 is 4.79 Å². The minimum absolute atomic E-state index is 0.0214. The summed E-state index contributed by atoms with van der Waals surface area (Å²) in [6.45, 7) is 3.90. The lowest BCUT2D eigenvalue weighted by Crippen LogP contribution is -2.45. The number of Topliss-reactive ketones (excluding diaryl/α,β-unsaturated/α-hetero) is 1. The van der Waals surface area contributed by atoms with Crippen LogP contribution >= 0.6 is 31.9 Å². The number of H-pyrrole nitrogens is 2. The molecule has 40 heavy (non-hydrogen) atoms. The molecular weight excluding hydrogens is 628 g/mol. The van der Waals surface area contributed by atoms with E-state index in [4.69, 9.17) is 0 Å². The van der Waals surface area contributed by atoms with E-state index in [1.165, 1.54) is 0 Å². The van der Waals surface area contributed by atoms with Gasteiger partial charge in [0.15, 0.2) is 5.78 Å². The number of hydrogen-bond donors (Lipinski definition) is 2. The van der Waals surface area contributed by atoms with Crippen molar-refractivity contribution in [3.63, 3.8) is 0 Å². The highest BCUT2D eigenvalue weighted by molar-refractivity contribution is 9.10. The summed E-state index contributed by atoms with van der Waals surface area (Å²) in [6, 6.07) is 24.2. The molecule has 0 amide bonds. The third-order valence-corrected chi connectivity index (χ3v) is 9.87. The number of pyridine rings is 2. The standard InChI is InChI=1S/C33H28Br2N4O/c1-21-11-13-25(19-36-21)32(34,15-23-17-38-29-9-5-3-7-27(23)29)31(40)33(35,26-14-12-22(2)37-20-26)16-24-18-39-30-10-6-4-8-28(24)30/h3-14,17-20,38-39H,15-16H2,1-2H3. The average Bonchev–Trinajstić information content (AvgIpc) is 3.57. The van der Waals surface area contributed by atoms with E-state index in [1.54, 1.807) is 0 Å². The first kappa shape index (κ1) is 26.7. The Hall–Kier alpha value is -3.55. The molecule has 6 rings (SSSR count). The lowest BCUT2D eigenvalue weighted by atomic mass is 9.78. The molecule has 2 atom stereocenters. The maximum absolute atomic E-state index is 15.2. The summed E-state index contributed by atoms with van der Waals surface area (Å²) in [7, 11) is 0. The van der Waals surface area contributed by atoms with Crippen LogP contribution in [-0.4, -0.2) is 25.7 Å². The van der Waals surface area contributed by atoms with Gasteiger partial charge in [0.1, 0.15) is 8.65 Å². The molecule has 5 nitrogen and oxygen atoms in total. The molecule has 0 bridgehead atoms. The van der Waals surface area contributed by atoms with Gasteiger partial charge in [0.05, 0.1) is 0 Å². The number of alkyl halides is 2. The Morgan fingerprint density at radius 2 is 1.10 bits per heavy atom. The molecule has 6 aromatic rings. The van der Waals surface area contributed by atoms with E-state index in [-0.39, 0.29) is 5.78 Å². The third-order valence-electron chi connectivity index (χ3n) is 7.68. The highest BCUT2D eigenvalue weighted by Crippen LogP contribution is 2.48. The zero-order valence-electron chi connectivity index (χ0n) is 22.2. The number of carbonyl (C=O) groups excluding carboxylic acids is 1. The molecular formula is C33H28Br2N4O. The molecule has 200 valence electrons. The minimum atomic E-state index is -1.08. The number of aromatic amines is 2. The molecule has 0 saturated carbocycles. The summed E-state index contributed by atoms with van der Waals surface area (Å²) in [5, 5.41) is 2.18. The van der Waals surface area contributed by atoms with E-state index < -0.39 is 8.65 Å². The van der Waals surface area contributed by atoms with E-state index in [0.717, 1.165) is 55.4 Å². The van der Waals surface area contributed by atoms with Crippen molar-refractivity contribution in [2.24, 2.45) is 0 Å². The fourth-order valence-electron chi connectivity index (χ4n) is 5.43. The first-order valence-corrected chi connectivity index (χ1v) is 14.8. The normalized spacial score (nSPS) is 14.7. The average molecular weight is 656 g/mol. The zero-order chi connectivity index (χ0) is 27.9. The van der Waals surface area contributed by atoms with Crippen LogP contribution in [0.3, 0.4) is 0 Å². The number of aryl methyl sites for hydroxylation is 2. The van der Waals surface area contributed by atoms with Gasteiger partial charge in [-0.2, -0.15) is 0 Å². The molecule has 4 heterocycles. The van der Waals surface area contributed by atoms with Crippen LogP contribution in [0.5, 0.6) is 0 Å². The second kappa shape index (κ2) is 10.5. The largest absolute Gasteiger partial charge is 0.361 e. The molecule has 2 N–H and O–H groups in total. The fourth-order valence-corrected chi connectivity index (χ4v) is 7.44. The van der Waals surface area contributed by atoms with E-state index in [1.807, 2.05) is 99.3 Å². The molecule has 2 aromatic carbocycles. The topological polar surface area (TPSA) is 74.4 Å². The van der Waals surface area contributed by atoms with Gasteiger partial charge >= 0.3 is 0 Å². The summed E-state index contributed by atoms with van der Waals surface area (Å²) in [5.74, 6) is -0.0214. The number of nitrogens with zero attached hydrogens (tertiary/aromatic N) is 2. The molecule has 7 heteroatoms. The predicted molar refractivity (Wildman–Crippen MR) is 168 cm³/mol. The number of para-hydroxylation sites is 2. The summed E-state index contributed by atoms with van der Waals surface area (Å²) in [5.41, 5.74) is 7.56. The van der Waals surface area contributed by atoms with Gasteiger partial charge in [0.25, 0.3) is 0 Å². The number of hydrogen-bond acceptors (Lipinski definition) is 3. The van der Waals surface area contributed by atoms with Crippen molar-refractivity contribution in [1.29, 1.82) is 0 Å². The molecule has 0 radical (unpaired) electrons. The first-order valence-electron chi connectivity index (χ1n) is 13.2. The molecule has 0 aliphatic heterocycles. The number of nitrogens with one attached hydrogen (secondary N) is 2. The van der Waals surface area contributed by atoms with Crippen LogP contribution in [0.25, 0.3) is 21.8 Å². The predicted octanol–water partition coefficient (Wildman–Crippen LogP) is 7.99. The van der Waals surface area contributed by atoms with E-state index in [0.29, 0.717) is 12.8 Å². The van der Waals surface area contributed by atoms with Crippen LogP contribution < -0.4 is 0 Å². The van der Waals surface area contributed by atoms with Gasteiger partial charge in [0.2, 0.25) is 0 Å². The monoisotopic (exact) mass is 654 g/mol. The van der Waals surface area contributed by atoms with E-state index >= 15 is 4.79 Å². The Balaban J connectivity index is 1.52. The summed E-state index contributed by atoms with van der Waals surface area (Å²) in [4.78, 5) is 31.1. The summed E-state index contributed by atoms with van der Waals surface area (Å²) >= 11 is 8.06. The van der Waals surface area contributed by atoms with Crippen molar-refractivity contribution in [1.82, 2.24) is 19.9 Å². The molecule has 0 saturated heterocycles. The maximum Gasteiger partial charge on any atom is 0.175 e. The van der Waals surface area contributed by atoms with Crippen molar-refractivity contribution in [3.8, 4) is 0 Å². The molecule has 0 spiro atoms. The van der Waals surface area contributed by atoms with Gasteiger partial charge in [-0.15, -0.1) is 0 Å². The number of rotatable bonds is 8. The Labute approximate surface area is 249 Å². The maximum atomic E-state index is 15.2. The molecule has 0 aliphatic carbocycles. The van der Waals surface area contributed by atoms with Crippen molar-refractivity contribution >= 4 is 59.4 Å². The number of carbonyl (C=O) groups is 1. The quantitative estimate of drug-likeness (QED) is 0.163. The highest BCUT2D eigenvalue weighted by atomic mass is 79.9. The van der Waals surface area contributed by atoms with Gasteiger partial charge in [-0.25, -0.2) is 0 Å². The zero-order valence-corrected chi connectivity index (χ0v) is 25.4. The van der Waals surface area contributed by atoms with Crippen LogP contribution in [0.1, 0.15) is 33.6 Å². The summed E-state index contributed by atoms with van der Waals surface area (Å²) < 4.78 is -2.17. The number of benzene rings is 2. The van der Waals surface area contributed by atoms with E-state index in [9.17, 15) is 0 Å². The lowest BCUT2D eigenvalue weighted by Gasteiger charge is -2.36. The number of ketones is 1. The van der Waals surface area contributed by atoms with Crippen molar-refractivity contribution in [2.45, 2.75) is 35.3 Å². The minimum Gasteiger partial charge on any atom is -0.361 e. The molecule has 0 aliphatic rings. The van der Waals surface area contributed by atoms with Gasteiger partial charge in [-0.05, 0) is 60.4 Å². The third kappa shape index (κ3) is 4.71. The Kier molecular flexibility index (Phi) is 6.97. The Morgan fingerprint density at radius 1 is 0.675 bits per heavy atom. The Bertz CT molecular complexity index is 1690.